The van der Waals surface area contributed by atoms with Crippen molar-refractivity contribution in [3.05, 3.63) is 0 Å². The van der Waals surface area contributed by atoms with Crippen LogP contribution in [0.1, 0.15) is 1.43 Å². The topological polar surface area (TPSA) is 49.7 Å². The fourth-order valence-corrected chi connectivity index (χ4v) is 0.120. The van der Waals surface area contributed by atoms with Gasteiger partial charge in [0.2, 0.25) is 0 Å². The van der Waals surface area contributed by atoms with E-state index in [2.05, 4.69) is 4.65 Å². The second kappa shape index (κ2) is 5.08. The molecule has 0 saturated heterocycles. The van der Waals surface area contributed by atoms with E-state index in [-0.39, 0.29) is 52.8 Å². The van der Waals surface area contributed by atoms with Crippen molar-refractivity contribution in [2.45, 2.75) is 6.36 Å². The van der Waals surface area contributed by atoms with Gasteiger partial charge in [-0.05, 0) is 0 Å². The minimum absolute atomic E-state index is 0. The van der Waals surface area contributed by atoms with Crippen LogP contribution in [0.15, 0.2) is 0 Å². The van der Waals surface area contributed by atoms with E-state index in [0.717, 1.165) is 0 Å². The summed E-state index contributed by atoms with van der Waals surface area (Å²) < 4.78 is 34.8. The molecular formula is CH3BF3KO3. The second-order valence-electron chi connectivity index (χ2n) is 0.890. The largest absolute Gasteiger partial charge is 1.00 e. The van der Waals surface area contributed by atoms with Crippen LogP contribution in [0.25, 0.3) is 0 Å². The van der Waals surface area contributed by atoms with Crippen LogP contribution in [0.4, 0.5) is 13.2 Å². The van der Waals surface area contributed by atoms with E-state index >= 15 is 0 Å². The average molecular weight is 170 g/mol. The van der Waals surface area contributed by atoms with Crippen LogP contribution < -0.4 is 51.4 Å². The van der Waals surface area contributed by atoms with Gasteiger partial charge < -0.3 is 11.5 Å². The van der Waals surface area contributed by atoms with Crippen molar-refractivity contribution < 1.29 is 80.7 Å². The molecule has 0 aromatic carbocycles. The smallest absolute Gasteiger partial charge is 1.00 e. The Morgan fingerprint density at radius 1 is 1.33 bits per heavy atom. The van der Waals surface area contributed by atoms with Gasteiger partial charge in [-0.1, -0.05) is 0 Å². The zero-order valence-corrected chi connectivity index (χ0v) is 7.64. The minimum Gasteiger partial charge on any atom is -1.00 e. The first kappa shape index (κ1) is 13.0. The fraction of sp³-hybridized carbons (Fsp3) is 1.00. The molecule has 0 radical (unpaired) electrons. The number of alkyl halides is 3. The van der Waals surface area contributed by atoms with Gasteiger partial charge in [0.15, 0.2) is 0 Å². The summed E-state index contributed by atoms with van der Waals surface area (Å²) in [6.07, 6.45) is -4.98. The molecule has 0 fully saturated rings. The molecule has 50 valence electrons. The standard InChI is InChI=1S/CH2BF3O3.K.H/c3-1(4,5)8-2(6)7;;/h6-7H;;/q;+1;-1. The molecule has 0 aromatic heterocycles. The molecule has 2 N–H and O–H groups in total. The van der Waals surface area contributed by atoms with Gasteiger partial charge >= 0.3 is 65.1 Å². The molecule has 0 rings (SSSR count). The molecule has 0 amide bonds. The van der Waals surface area contributed by atoms with Gasteiger partial charge in [-0.3, -0.25) is 4.65 Å². The Kier molecular flexibility index (Phi) is 7.33. The third kappa shape index (κ3) is 12.5. The molecule has 9 heavy (non-hydrogen) atoms. The Labute approximate surface area is 93.3 Å². The van der Waals surface area contributed by atoms with E-state index in [1.165, 1.54) is 0 Å². The van der Waals surface area contributed by atoms with E-state index in [0.29, 0.717) is 0 Å². The molecule has 0 unspecified atom stereocenters. The summed E-state index contributed by atoms with van der Waals surface area (Å²) in [5.41, 5.74) is 0. The van der Waals surface area contributed by atoms with Gasteiger partial charge in [0.1, 0.15) is 0 Å². The van der Waals surface area contributed by atoms with Crippen molar-refractivity contribution in [3.8, 4) is 0 Å². The van der Waals surface area contributed by atoms with Crippen molar-refractivity contribution in [1.82, 2.24) is 0 Å². The quantitative estimate of drug-likeness (QED) is 0.403. The first-order valence-electron chi connectivity index (χ1n) is 1.52. The van der Waals surface area contributed by atoms with Crippen LogP contribution >= 0.6 is 0 Å². The summed E-state index contributed by atoms with van der Waals surface area (Å²) in [7, 11) is -2.78. The van der Waals surface area contributed by atoms with Gasteiger partial charge in [0.25, 0.3) is 0 Å². The summed E-state index contributed by atoms with van der Waals surface area (Å²) >= 11 is 0. The fourth-order valence-electron chi connectivity index (χ4n) is 0.120. The van der Waals surface area contributed by atoms with E-state index in [4.69, 9.17) is 10.0 Å². The van der Waals surface area contributed by atoms with Gasteiger partial charge in [0.05, 0.1) is 0 Å². The first-order chi connectivity index (χ1) is 3.42. The Bertz CT molecular complexity index is 78.6. The summed E-state index contributed by atoms with van der Waals surface area (Å²) in [4.78, 5) is 0. The van der Waals surface area contributed by atoms with Gasteiger partial charge in [0, 0.05) is 0 Å². The maximum Gasteiger partial charge on any atom is 1.00 e. The second-order valence-corrected chi connectivity index (χ2v) is 0.890. The summed E-state index contributed by atoms with van der Waals surface area (Å²) in [5.74, 6) is 0. The number of halogens is 3. The molecule has 0 saturated carbocycles. The average Bonchev–Trinajstić information content (AvgIpc) is 1.21. The SMILES string of the molecule is OB(O)OC(F)(F)F.[H-].[K+]. The van der Waals surface area contributed by atoms with Crippen LogP contribution in [0.5, 0.6) is 0 Å². The Morgan fingerprint density at radius 3 is 1.67 bits per heavy atom. The summed E-state index contributed by atoms with van der Waals surface area (Å²) in [5, 5.41) is 15.0. The molecule has 0 heterocycles. The molecule has 0 aromatic rings. The molecule has 0 aliphatic carbocycles. The zero-order valence-electron chi connectivity index (χ0n) is 5.51. The summed E-state index contributed by atoms with van der Waals surface area (Å²) in [6, 6.07) is 0. The third-order valence-corrected chi connectivity index (χ3v) is 0.239. The summed E-state index contributed by atoms with van der Waals surface area (Å²) in [6.45, 7) is 0. The maximum absolute atomic E-state index is 10.8. The van der Waals surface area contributed by atoms with Gasteiger partial charge in [-0.15, -0.1) is 13.2 Å². The molecule has 0 atom stereocenters. The molecule has 0 aliphatic heterocycles. The van der Waals surface area contributed by atoms with E-state index in [9.17, 15) is 13.2 Å². The Balaban J connectivity index is -0.000000245. The van der Waals surface area contributed by atoms with Crippen molar-refractivity contribution in [2.24, 2.45) is 0 Å². The normalized spacial score (nSPS) is 10.3. The Morgan fingerprint density at radius 2 is 1.67 bits per heavy atom. The van der Waals surface area contributed by atoms with Crippen molar-refractivity contribution >= 4 is 7.32 Å². The molecule has 0 bridgehead atoms. The monoisotopic (exact) mass is 170 g/mol. The third-order valence-electron chi connectivity index (χ3n) is 0.239. The van der Waals surface area contributed by atoms with Crippen molar-refractivity contribution in [3.63, 3.8) is 0 Å². The molecule has 0 aliphatic rings. The predicted molar refractivity (Wildman–Crippen MR) is 18.4 cm³/mol. The van der Waals surface area contributed by atoms with Crippen LogP contribution in [0.3, 0.4) is 0 Å². The van der Waals surface area contributed by atoms with Crippen LogP contribution in [-0.4, -0.2) is 23.7 Å². The molecular weight excluding hydrogens is 167 g/mol. The van der Waals surface area contributed by atoms with E-state index in [1.807, 2.05) is 0 Å². The predicted octanol–water partition coefficient (Wildman–Crippen LogP) is -3.39. The Hall–Kier alpha value is 1.37. The minimum atomic E-state index is -4.98. The van der Waals surface area contributed by atoms with Gasteiger partial charge in [-0.2, -0.15) is 0 Å². The molecule has 8 heteroatoms. The van der Waals surface area contributed by atoms with E-state index in [1.54, 1.807) is 0 Å². The zero-order chi connectivity index (χ0) is 6.78. The number of hydrogen-bond donors (Lipinski definition) is 2. The number of hydrogen-bond acceptors (Lipinski definition) is 3. The van der Waals surface area contributed by atoms with Crippen LogP contribution in [-0.2, 0) is 4.65 Å². The van der Waals surface area contributed by atoms with E-state index < -0.39 is 13.7 Å². The number of rotatable bonds is 1. The first-order valence-corrected chi connectivity index (χ1v) is 1.52. The van der Waals surface area contributed by atoms with Crippen LogP contribution in [0, 0.1) is 0 Å². The maximum atomic E-state index is 10.8. The van der Waals surface area contributed by atoms with Crippen molar-refractivity contribution in [2.75, 3.05) is 0 Å². The van der Waals surface area contributed by atoms with Crippen LogP contribution in [0.2, 0.25) is 0 Å². The van der Waals surface area contributed by atoms with Crippen molar-refractivity contribution in [1.29, 1.82) is 0 Å². The molecule has 3 nitrogen and oxygen atoms in total. The molecule has 0 spiro atoms. The van der Waals surface area contributed by atoms with Gasteiger partial charge in [-0.25, -0.2) is 0 Å².